The Kier molecular flexibility index (Phi) is 4.44. The monoisotopic (exact) mass is 370 g/mol. The number of nitrogens with zero attached hydrogens (tertiary/aromatic N) is 4. The third kappa shape index (κ3) is 3.21. The maximum atomic E-state index is 12.7. The lowest BCUT2D eigenvalue weighted by Crippen LogP contribution is -2.49. The molecule has 1 aromatic heterocycles. The minimum atomic E-state index is -3.46. The van der Waals surface area contributed by atoms with E-state index in [4.69, 9.17) is 4.52 Å². The third-order valence-corrected chi connectivity index (χ3v) is 6.25. The lowest BCUT2D eigenvalue weighted by Gasteiger charge is -2.33. The van der Waals surface area contributed by atoms with Crippen LogP contribution >= 0.6 is 0 Å². The standard InChI is InChI=1S/C18H18N4O3S/c23-26(24,16-9-5-2-6-10-16)22-13-11-21(12-14-22)18-19-17(25-20-18)15-7-3-1-4-8-15/h1-10H,11-14H2. The lowest BCUT2D eigenvalue weighted by molar-refractivity contribution is 0.377. The van der Waals surface area contributed by atoms with Crippen LogP contribution < -0.4 is 4.90 Å². The van der Waals surface area contributed by atoms with Crippen LogP contribution in [0.2, 0.25) is 0 Å². The predicted octanol–water partition coefficient (Wildman–Crippen LogP) is 2.25. The van der Waals surface area contributed by atoms with Gasteiger partial charge in [0, 0.05) is 31.7 Å². The van der Waals surface area contributed by atoms with Crippen molar-refractivity contribution in [3.63, 3.8) is 0 Å². The van der Waals surface area contributed by atoms with Crippen molar-refractivity contribution in [3.05, 3.63) is 60.7 Å². The van der Waals surface area contributed by atoms with Crippen molar-refractivity contribution in [2.45, 2.75) is 4.90 Å². The summed E-state index contributed by atoms with van der Waals surface area (Å²) in [7, 11) is -3.46. The Morgan fingerprint density at radius 3 is 2.12 bits per heavy atom. The van der Waals surface area contributed by atoms with Gasteiger partial charge in [0.2, 0.25) is 10.0 Å². The lowest BCUT2D eigenvalue weighted by atomic mass is 10.2. The SMILES string of the molecule is O=S(=O)(c1ccccc1)N1CCN(c2noc(-c3ccccc3)n2)CC1. The molecule has 0 unspecified atom stereocenters. The van der Waals surface area contributed by atoms with E-state index in [2.05, 4.69) is 10.1 Å². The molecular weight excluding hydrogens is 352 g/mol. The summed E-state index contributed by atoms with van der Waals surface area (Å²) in [4.78, 5) is 6.69. The Morgan fingerprint density at radius 2 is 1.46 bits per heavy atom. The largest absolute Gasteiger partial charge is 0.336 e. The fourth-order valence-electron chi connectivity index (χ4n) is 2.91. The minimum Gasteiger partial charge on any atom is -0.336 e. The highest BCUT2D eigenvalue weighted by molar-refractivity contribution is 7.89. The van der Waals surface area contributed by atoms with E-state index in [0.717, 1.165) is 5.56 Å². The first-order chi connectivity index (χ1) is 12.6. The molecule has 1 aliphatic heterocycles. The van der Waals surface area contributed by atoms with Crippen LogP contribution in [0, 0.1) is 0 Å². The molecule has 1 saturated heterocycles. The summed E-state index contributed by atoms with van der Waals surface area (Å²) in [5, 5.41) is 4.03. The molecular formula is C18H18N4O3S. The van der Waals surface area contributed by atoms with Crippen LogP contribution in [0.15, 0.2) is 70.1 Å². The van der Waals surface area contributed by atoms with Crippen molar-refractivity contribution in [2.24, 2.45) is 0 Å². The number of sulfonamides is 1. The highest BCUT2D eigenvalue weighted by Gasteiger charge is 2.29. The van der Waals surface area contributed by atoms with Gasteiger partial charge < -0.3 is 9.42 Å². The van der Waals surface area contributed by atoms with Gasteiger partial charge in [-0.25, -0.2) is 8.42 Å². The molecule has 0 aliphatic carbocycles. The zero-order valence-electron chi connectivity index (χ0n) is 14.0. The molecule has 26 heavy (non-hydrogen) atoms. The Balaban J connectivity index is 1.45. The second-order valence-corrected chi connectivity index (χ2v) is 7.91. The summed E-state index contributed by atoms with van der Waals surface area (Å²) in [5.74, 6) is 0.945. The van der Waals surface area contributed by atoms with Crippen molar-refractivity contribution in [1.29, 1.82) is 0 Å². The van der Waals surface area contributed by atoms with Crippen LogP contribution in [0.1, 0.15) is 0 Å². The summed E-state index contributed by atoms with van der Waals surface area (Å²) >= 11 is 0. The average Bonchev–Trinajstić information content (AvgIpc) is 3.20. The van der Waals surface area contributed by atoms with Crippen LogP contribution in [-0.4, -0.2) is 49.0 Å². The molecule has 8 heteroatoms. The van der Waals surface area contributed by atoms with Crippen LogP contribution in [0.5, 0.6) is 0 Å². The average molecular weight is 370 g/mol. The molecule has 1 aliphatic rings. The van der Waals surface area contributed by atoms with E-state index in [1.807, 2.05) is 35.2 Å². The fourth-order valence-corrected chi connectivity index (χ4v) is 4.36. The van der Waals surface area contributed by atoms with Crippen molar-refractivity contribution in [3.8, 4) is 11.5 Å². The summed E-state index contributed by atoms with van der Waals surface area (Å²) in [6, 6.07) is 18.0. The molecule has 0 amide bonds. The van der Waals surface area contributed by atoms with Gasteiger partial charge in [0.05, 0.1) is 4.90 Å². The molecule has 0 spiro atoms. The number of hydrogen-bond acceptors (Lipinski definition) is 6. The first-order valence-corrected chi connectivity index (χ1v) is 9.78. The Morgan fingerprint density at radius 1 is 0.846 bits per heavy atom. The molecule has 4 rings (SSSR count). The van der Waals surface area contributed by atoms with E-state index < -0.39 is 10.0 Å². The van der Waals surface area contributed by atoms with Crippen LogP contribution in [-0.2, 0) is 10.0 Å². The maximum Gasteiger partial charge on any atom is 0.266 e. The van der Waals surface area contributed by atoms with Crippen molar-refractivity contribution in [2.75, 3.05) is 31.1 Å². The van der Waals surface area contributed by atoms with E-state index in [1.54, 1.807) is 30.3 Å². The topological polar surface area (TPSA) is 79.5 Å². The molecule has 3 aromatic rings. The van der Waals surface area contributed by atoms with Crippen molar-refractivity contribution >= 4 is 16.0 Å². The number of rotatable bonds is 4. The van der Waals surface area contributed by atoms with E-state index >= 15 is 0 Å². The maximum absolute atomic E-state index is 12.7. The molecule has 0 atom stereocenters. The van der Waals surface area contributed by atoms with E-state index in [1.165, 1.54) is 4.31 Å². The first-order valence-electron chi connectivity index (χ1n) is 8.34. The number of aromatic nitrogens is 2. The van der Waals surface area contributed by atoms with Gasteiger partial charge >= 0.3 is 0 Å². The van der Waals surface area contributed by atoms with Crippen LogP contribution in [0.4, 0.5) is 5.95 Å². The smallest absolute Gasteiger partial charge is 0.266 e. The predicted molar refractivity (Wildman–Crippen MR) is 97.1 cm³/mol. The molecule has 2 aromatic carbocycles. The second-order valence-electron chi connectivity index (χ2n) is 5.97. The number of hydrogen-bond donors (Lipinski definition) is 0. The van der Waals surface area contributed by atoms with Gasteiger partial charge in [-0.05, 0) is 29.4 Å². The third-order valence-electron chi connectivity index (χ3n) is 4.34. The van der Waals surface area contributed by atoms with Gasteiger partial charge in [-0.2, -0.15) is 9.29 Å². The molecule has 0 radical (unpaired) electrons. The quantitative estimate of drug-likeness (QED) is 0.701. The van der Waals surface area contributed by atoms with Crippen molar-refractivity contribution in [1.82, 2.24) is 14.4 Å². The summed E-state index contributed by atoms with van der Waals surface area (Å²) in [6.07, 6.45) is 0. The number of piperazine rings is 1. The van der Waals surface area contributed by atoms with E-state index in [0.29, 0.717) is 42.9 Å². The molecule has 2 heterocycles. The Labute approximate surface area is 151 Å². The number of anilines is 1. The normalized spacial score (nSPS) is 15.9. The van der Waals surface area contributed by atoms with Gasteiger partial charge in [-0.15, -0.1) is 0 Å². The fraction of sp³-hybridized carbons (Fsp3) is 0.222. The first kappa shape index (κ1) is 16.7. The minimum absolute atomic E-state index is 0.319. The van der Waals surface area contributed by atoms with Gasteiger partial charge in [0.15, 0.2) is 0 Å². The van der Waals surface area contributed by atoms with Crippen LogP contribution in [0.3, 0.4) is 0 Å². The van der Waals surface area contributed by atoms with E-state index in [9.17, 15) is 8.42 Å². The number of benzene rings is 2. The molecule has 0 N–H and O–H groups in total. The Bertz CT molecular complexity index is 966. The van der Waals surface area contributed by atoms with Gasteiger partial charge in [0.1, 0.15) is 0 Å². The van der Waals surface area contributed by atoms with E-state index in [-0.39, 0.29) is 0 Å². The molecule has 7 nitrogen and oxygen atoms in total. The van der Waals surface area contributed by atoms with Crippen molar-refractivity contribution < 1.29 is 12.9 Å². The van der Waals surface area contributed by atoms with Crippen LogP contribution in [0.25, 0.3) is 11.5 Å². The van der Waals surface area contributed by atoms with Gasteiger partial charge in [-0.3, -0.25) is 0 Å². The zero-order valence-corrected chi connectivity index (χ0v) is 14.8. The highest BCUT2D eigenvalue weighted by Crippen LogP contribution is 2.22. The Hall–Kier alpha value is -2.71. The summed E-state index contributed by atoms with van der Waals surface area (Å²) < 4.78 is 32.2. The molecule has 0 bridgehead atoms. The summed E-state index contributed by atoms with van der Waals surface area (Å²) in [6.45, 7) is 1.79. The second kappa shape index (κ2) is 6.89. The van der Waals surface area contributed by atoms with Gasteiger partial charge in [-0.1, -0.05) is 36.4 Å². The summed E-state index contributed by atoms with van der Waals surface area (Å²) in [5.41, 5.74) is 0.858. The highest BCUT2D eigenvalue weighted by atomic mass is 32.2. The van der Waals surface area contributed by atoms with Gasteiger partial charge in [0.25, 0.3) is 11.8 Å². The zero-order chi connectivity index (χ0) is 18.0. The molecule has 0 saturated carbocycles. The molecule has 1 fully saturated rings. The molecule has 134 valence electrons.